The maximum Gasteiger partial charge on any atom is 0.131 e. The SMILES string of the molecule is Cc1ccc(F)c([C@@H](C2CCCCC2)N2CCNCC2)c1O. The van der Waals surface area contributed by atoms with Crippen LogP contribution in [0.4, 0.5) is 4.39 Å². The Balaban J connectivity index is 1.98. The molecule has 122 valence electrons. The second-order valence-electron chi connectivity index (χ2n) is 6.76. The summed E-state index contributed by atoms with van der Waals surface area (Å²) in [4.78, 5) is 2.38. The third kappa shape index (κ3) is 3.13. The highest BCUT2D eigenvalue weighted by atomic mass is 19.1. The molecule has 1 aliphatic heterocycles. The summed E-state index contributed by atoms with van der Waals surface area (Å²) in [5.41, 5.74) is 1.31. The molecule has 2 aliphatic rings. The highest BCUT2D eigenvalue weighted by molar-refractivity contribution is 5.43. The molecule has 1 aliphatic carbocycles. The maximum atomic E-state index is 14.6. The Kier molecular flexibility index (Phi) is 4.99. The number of phenols is 1. The summed E-state index contributed by atoms with van der Waals surface area (Å²) in [5, 5.41) is 13.9. The van der Waals surface area contributed by atoms with Gasteiger partial charge in [0.1, 0.15) is 11.6 Å². The third-order valence-corrected chi connectivity index (χ3v) is 5.30. The molecule has 2 fully saturated rings. The summed E-state index contributed by atoms with van der Waals surface area (Å²) in [7, 11) is 0. The zero-order valence-electron chi connectivity index (χ0n) is 13.4. The van der Waals surface area contributed by atoms with Gasteiger partial charge in [0, 0.05) is 37.8 Å². The lowest BCUT2D eigenvalue weighted by Crippen LogP contribution is -2.47. The van der Waals surface area contributed by atoms with E-state index in [1.165, 1.54) is 25.3 Å². The Hall–Kier alpha value is -1.13. The molecule has 1 aromatic rings. The Morgan fingerprint density at radius 2 is 1.86 bits per heavy atom. The fourth-order valence-electron chi connectivity index (χ4n) is 4.10. The first-order valence-corrected chi connectivity index (χ1v) is 8.61. The number of aryl methyl sites for hydroxylation is 1. The van der Waals surface area contributed by atoms with Crippen LogP contribution >= 0.6 is 0 Å². The summed E-state index contributed by atoms with van der Waals surface area (Å²) >= 11 is 0. The van der Waals surface area contributed by atoms with Crippen molar-refractivity contribution < 1.29 is 9.50 Å². The standard InChI is InChI=1S/C18H27FN2O/c1-13-7-8-15(19)16(18(13)22)17(14-5-3-2-4-6-14)21-11-9-20-10-12-21/h7-8,14,17,20,22H,2-6,9-12H2,1H3/t17-/m1/s1. The summed E-state index contributed by atoms with van der Waals surface area (Å²) in [5.74, 6) is 0.361. The number of benzene rings is 1. The van der Waals surface area contributed by atoms with Gasteiger partial charge in [0.05, 0.1) is 0 Å². The quantitative estimate of drug-likeness (QED) is 0.899. The van der Waals surface area contributed by atoms with Gasteiger partial charge >= 0.3 is 0 Å². The topological polar surface area (TPSA) is 35.5 Å². The first kappa shape index (κ1) is 15.8. The van der Waals surface area contributed by atoms with E-state index in [0.29, 0.717) is 11.5 Å². The van der Waals surface area contributed by atoms with Crippen molar-refractivity contribution >= 4 is 0 Å². The van der Waals surface area contributed by atoms with E-state index < -0.39 is 0 Å². The van der Waals surface area contributed by atoms with E-state index in [-0.39, 0.29) is 17.6 Å². The highest BCUT2D eigenvalue weighted by Gasteiger charge is 2.34. The fraction of sp³-hybridized carbons (Fsp3) is 0.667. The van der Waals surface area contributed by atoms with Crippen LogP contribution in [0.1, 0.15) is 49.3 Å². The molecule has 1 saturated heterocycles. The Morgan fingerprint density at radius 3 is 2.55 bits per heavy atom. The van der Waals surface area contributed by atoms with Gasteiger partial charge in [0.2, 0.25) is 0 Å². The van der Waals surface area contributed by atoms with Gasteiger partial charge in [-0.2, -0.15) is 0 Å². The monoisotopic (exact) mass is 306 g/mol. The molecule has 3 nitrogen and oxygen atoms in total. The van der Waals surface area contributed by atoms with Gasteiger partial charge < -0.3 is 10.4 Å². The van der Waals surface area contributed by atoms with Crippen LogP contribution < -0.4 is 5.32 Å². The van der Waals surface area contributed by atoms with E-state index in [9.17, 15) is 9.50 Å². The van der Waals surface area contributed by atoms with Crippen LogP contribution in [-0.4, -0.2) is 36.2 Å². The second-order valence-corrected chi connectivity index (χ2v) is 6.76. The lowest BCUT2D eigenvalue weighted by atomic mass is 9.79. The minimum atomic E-state index is -0.253. The van der Waals surface area contributed by atoms with Gasteiger partial charge in [-0.3, -0.25) is 4.90 Å². The molecule has 1 heterocycles. The minimum Gasteiger partial charge on any atom is -0.507 e. The van der Waals surface area contributed by atoms with E-state index in [1.54, 1.807) is 6.07 Å². The molecule has 0 bridgehead atoms. The van der Waals surface area contributed by atoms with Gasteiger partial charge in [-0.15, -0.1) is 0 Å². The summed E-state index contributed by atoms with van der Waals surface area (Å²) in [6.07, 6.45) is 6.01. The van der Waals surface area contributed by atoms with E-state index in [4.69, 9.17) is 0 Å². The third-order valence-electron chi connectivity index (χ3n) is 5.30. The summed E-state index contributed by atoms with van der Waals surface area (Å²) in [6, 6.07) is 3.20. The molecule has 1 aromatic carbocycles. The van der Waals surface area contributed by atoms with Gasteiger partial charge in [-0.25, -0.2) is 4.39 Å². The average Bonchev–Trinajstić information content (AvgIpc) is 2.57. The number of halogens is 1. The van der Waals surface area contributed by atoms with Gasteiger partial charge in [-0.1, -0.05) is 25.3 Å². The minimum absolute atomic E-state index is 0.0160. The molecule has 0 radical (unpaired) electrons. The fourth-order valence-corrected chi connectivity index (χ4v) is 4.10. The van der Waals surface area contributed by atoms with Gasteiger partial charge in [0.25, 0.3) is 0 Å². The van der Waals surface area contributed by atoms with E-state index >= 15 is 0 Å². The van der Waals surface area contributed by atoms with Crippen LogP contribution in [0, 0.1) is 18.7 Å². The molecule has 0 unspecified atom stereocenters. The zero-order chi connectivity index (χ0) is 15.5. The maximum absolute atomic E-state index is 14.6. The van der Waals surface area contributed by atoms with Crippen LogP contribution in [0.2, 0.25) is 0 Å². The van der Waals surface area contributed by atoms with Crippen LogP contribution in [-0.2, 0) is 0 Å². The molecule has 2 N–H and O–H groups in total. The van der Waals surface area contributed by atoms with E-state index in [2.05, 4.69) is 10.2 Å². The number of phenolic OH excluding ortho intramolecular Hbond substituents is 1. The predicted octanol–water partition coefficient (Wildman–Crippen LogP) is 3.37. The Labute approximate surface area is 132 Å². The van der Waals surface area contributed by atoms with Gasteiger partial charge in [-0.05, 0) is 37.3 Å². The molecule has 0 amide bonds. The smallest absolute Gasteiger partial charge is 0.131 e. The van der Waals surface area contributed by atoms with Crippen molar-refractivity contribution in [1.82, 2.24) is 10.2 Å². The lowest BCUT2D eigenvalue weighted by molar-refractivity contribution is 0.0983. The molecule has 3 rings (SSSR count). The summed E-state index contributed by atoms with van der Waals surface area (Å²) < 4.78 is 14.6. The number of hydrogen-bond acceptors (Lipinski definition) is 3. The molecular weight excluding hydrogens is 279 g/mol. The Morgan fingerprint density at radius 1 is 1.18 bits per heavy atom. The Bertz CT molecular complexity index is 490. The second kappa shape index (κ2) is 6.97. The molecule has 0 aromatic heterocycles. The normalized spacial score (nSPS) is 22.6. The van der Waals surface area contributed by atoms with E-state index in [0.717, 1.165) is 44.6 Å². The number of nitrogens with zero attached hydrogens (tertiary/aromatic N) is 1. The number of rotatable bonds is 3. The number of nitrogens with one attached hydrogen (secondary N) is 1. The van der Waals surface area contributed by atoms with Gasteiger partial charge in [0.15, 0.2) is 0 Å². The highest BCUT2D eigenvalue weighted by Crippen LogP contribution is 2.43. The molecular formula is C18H27FN2O. The van der Waals surface area contributed by atoms with E-state index in [1.807, 2.05) is 6.92 Å². The van der Waals surface area contributed by atoms with Crippen molar-refractivity contribution in [1.29, 1.82) is 0 Å². The first-order chi connectivity index (χ1) is 10.7. The largest absolute Gasteiger partial charge is 0.507 e. The molecule has 1 saturated carbocycles. The lowest BCUT2D eigenvalue weighted by Gasteiger charge is -2.41. The van der Waals surface area contributed by atoms with Crippen LogP contribution in [0.15, 0.2) is 12.1 Å². The number of hydrogen-bond donors (Lipinski definition) is 2. The van der Waals surface area contributed by atoms with Crippen molar-refractivity contribution in [2.75, 3.05) is 26.2 Å². The van der Waals surface area contributed by atoms with Crippen LogP contribution in [0.25, 0.3) is 0 Å². The zero-order valence-corrected chi connectivity index (χ0v) is 13.4. The molecule has 1 atom stereocenters. The first-order valence-electron chi connectivity index (χ1n) is 8.61. The summed E-state index contributed by atoms with van der Waals surface area (Å²) in [6.45, 7) is 5.59. The van der Waals surface area contributed by atoms with Crippen molar-refractivity contribution in [3.05, 3.63) is 29.1 Å². The van der Waals surface area contributed by atoms with Crippen molar-refractivity contribution in [2.45, 2.75) is 45.1 Å². The van der Waals surface area contributed by atoms with Crippen LogP contribution in [0.3, 0.4) is 0 Å². The molecule has 4 heteroatoms. The average molecular weight is 306 g/mol. The van der Waals surface area contributed by atoms with Crippen molar-refractivity contribution in [3.8, 4) is 5.75 Å². The molecule has 0 spiro atoms. The van der Waals surface area contributed by atoms with Crippen molar-refractivity contribution in [2.24, 2.45) is 5.92 Å². The number of aromatic hydroxyl groups is 1. The van der Waals surface area contributed by atoms with Crippen molar-refractivity contribution in [3.63, 3.8) is 0 Å². The number of piperazine rings is 1. The predicted molar refractivity (Wildman–Crippen MR) is 86.6 cm³/mol. The van der Waals surface area contributed by atoms with Crippen LogP contribution in [0.5, 0.6) is 5.75 Å². The molecule has 22 heavy (non-hydrogen) atoms.